The Morgan fingerprint density at radius 2 is 2.00 bits per heavy atom. The van der Waals surface area contributed by atoms with Gasteiger partial charge >= 0.3 is 5.97 Å². The summed E-state index contributed by atoms with van der Waals surface area (Å²) in [4.78, 5) is 23.4. The normalized spacial score (nSPS) is 10.4. The number of benzene rings is 1. The number of carbonyl (C=O) groups excluding carboxylic acids is 2. The lowest BCUT2D eigenvalue weighted by Crippen LogP contribution is -2.19. The van der Waals surface area contributed by atoms with E-state index in [4.69, 9.17) is 21.1 Å². The molecule has 0 bridgehead atoms. The van der Waals surface area contributed by atoms with Crippen LogP contribution in [-0.2, 0) is 9.53 Å². The number of ether oxygens (including phenoxy) is 2. The topological polar surface area (TPSA) is 52.6 Å². The molecule has 0 N–H and O–H groups in total. The van der Waals surface area contributed by atoms with Gasteiger partial charge in [0.2, 0.25) is 0 Å². The minimum absolute atomic E-state index is 0.131. The molecule has 19 heavy (non-hydrogen) atoms. The standard InChI is InChI=1S/C14H17ClO4/c1-4-18-14(17)13(16)11-7-10(15)5-6-12(11)19-8-9(2)3/h5-7,9H,4,8H2,1-3H3. The molecule has 0 aliphatic heterocycles. The van der Waals surface area contributed by atoms with Gasteiger partial charge in [-0.25, -0.2) is 4.79 Å². The highest BCUT2D eigenvalue weighted by molar-refractivity contribution is 6.42. The summed E-state index contributed by atoms with van der Waals surface area (Å²) in [6.45, 7) is 6.21. The molecule has 4 nitrogen and oxygen atoms in total. The molecular formula is C14H17ClO4. The molecule has 0 unspecified atom stereocenters. The van der Waals surface area contributed by atoms with Crippen molar-refractivity contribution in [2.75, 3.05) is 13.2 Å². The van der Waals surface area contributed by atoms with Gasteiger partial charge in [0.15, 0.2) is 0 Å². The summed E-state index contributed by atoms with van der Waals surface area (Å²) in [6.07, 6.45) is 0. The molecule has 0 aromatic heterocycles. The third-order valence-corrected chi connectivity index (χ3v) is 2.45. The first kappa shape index (κ1) is 15.5. The van der Waals surface area contributed by atoms with Crippen LogP contribution in [0.3, 0.4) is 0 Å². The first-order valence-corrected chi connectivity index (χ1v) is 6.47. The molecule has 1 rings (SSSR count). The Balaban J connectivity index is 2.99. The minimum atomic E-state index is -0.904. The molecule has 1 aromatic carbocycles. The third kappa shape index (κ3) is 4.56. The molecule has 0 aliphatic rings. The van der Waals surface area contributed by atoms with Gasteiger partial charge in [-0.05, 0) is 31.0 Å². The van der Waals surface area contributed by atoms with Crippen molar-refractivity contribution >= 4 is 23.4 Å². The molecule has 0 amide bonds. The van der Waals surface area contributed by atoms with Gasteiger partial charge in [0.05, 0.1) is 18.8 Å². The highest BCUT2D eigenvalue weighted by Crippen LogP contribution is 2.24. The molecule has 0 radical (unpaired) electrons. The number of carbonyl (C=O) groups is 2. The smallest absolute Gasteiger partial charge is 0.379 e. The van der Waals surface area contributed by atoms with E-state index in [-0.39, 0.29) is 12.2 Å². The summed E-state index contributed by atoms with van der Waals surface area (Å²) >= 11 is 5.85. The zero-order valence-corrected chi connectivity index (χ0v) is 12.0. The zero-order chi connectivity index (χ0) is 14.4. The Hall–Kier alpha value is -1.55. The van der Waals surface area contributed by atoms with Crippen molar-refractivity contribution in [3.63, 3.8) is 0 Å². The van der Waals surface area contributed by atoms with Crippen molar-refractivity contribution in [3.8, 4) is 5.75 Å². The van der Waals surface area contributed by atoms with E-state index in [1.807, 2.05) is 13.8 Å². The van der Waals surface area contributed by atoms with Crippen LogP contribution in [0.2, 0.25) is 5.02 Å². The van der Waals surface area contributed by atoms with Gasteiger partial charge in [-0.1, -0.05) is 25.4 Å². The molecule has 0 saturated heterocycles. The molecular weight excluding hydrogens is 268 g/mol. The molecule has 5 heteroatoms. The number of Topliss-reactive ketones (excluding diaryl/α,β-unsaturated/α-hetero) is 1. The second kappa shape index (κ2) is 7.14. The molecule has 0 atom stereocenters. The molecule has 104 valence electrons. The van der Waals surface area contributed by atoms with Crippen LogP contribution in [0.25, 0.3) is 0 Å². The fourth-order valence-corrected chi connectivity index (χ4v) is 1.54. The predicted molar refractivity (Wildman–Crippen MR) is 72.7 cm³/mol. The van der Waals surface area contributed by atoms with Crippen molar-refractivity contribution in [2.45, 2.75) is 20.8 Å². The Bertz CT molecular complexity index is 469. The first-order chi connectivity index (χ1) is 8.95. The van der Waals surface area contributed by atoms with Crippen molar-refractivity contribution in [2.24, 2.45) is 5.92 Å². The van der Waals surface area contributed by atoms with E-state index >= 15 is 0 Å². The number of halogens is 1. The monoisotopic (exact) mass is 284 g/mol. The van der Waals surface area contributed by atoms with Gasteiger partial charge in [-0.2, -0.15) is 0 Å². The maximum absolute atomic E-state index is 11.9. The third-order valence-electron chi connectivity index (χ3n) is 2.22. The van der Waals surface area contributed by atoms with Crippen molar-refractivity contribution in [1.29, 1.82) is 0 Å². The average molecular weight is 285 g/mol. The minimum Gasteiger partial charge on any atom is -0.493 e. The van der Waals surface area contributed by atoms with Crippen molar-refractivity contribution in [1.82, 2.24) is 0 Å². The van der Waals surface area contributed by atoms with Crippen LogP contribution in [-0.4, -0.2) is 25.0 Å². The number of rotatable bonds is 6. The Kier molecular flexibility index (Phi) is 5.83. The average Bonchev–Trinajstić information content (AvgIpc) is 2.36. The van der Waals surface area contributed by atoms with Gasteiger partial charge in [0, 0.05) is 5.02 Å². The second-order valence-electron chi connectivity index (χ2n) is 4.39. The number of hydrogen-bond donors (Lipinski definition) is 0. The first-order valence-electron chi connectivity index (χ1n) is 6.09. The van der Waals surface area contributed by atoms with Gasteiger partial charge in [-0.15, -0.1) is 0 Å². The van der Waals surface area contributed by atoms with Crippen LogP contribution < -0.4 is 4.74 Å². The molecule has 0 spiro atoms. The summed E-state index contributed by atoms with van der Waals surface area (Å²) in [5.74, 6) is -1.00. The Labute approximate surface area is 117 Å². The molecule has 0 saturated carbocycles. The van der Waals surface area contributed by atoms with E-state index in [1.54, 1.807) is 19.1 Å². The molecule has 0 heterocycles. The maximum Gasteiger partial charge on any atom is 0.379 e. The van der Waals surface area contributed by atoms with Crippen LogP contribution in [0.5, 0.6) is 5.75 Å². The van der Waals surface area contributed by atoms with Gasteiger partial charge in [-0.3, -0.25) is 4.79 Å². The highest BCUT2D eigenvalue weighted by atomic mass is 35.5. The second-order valence-corrected chi connectivity index (χ2v) is 4.83. The van der Waals surface area contributed by atoms with Crippen molar-refractivity contribution < 1.29 is 19.1 Å². The number of esters is 1. The van der Waals surface area contributed by atoms with Crippen LogP contribution in [0, 0.1) is 5.92 Å². The van der Waals surface area contributed by atoms with E-state index in [2.05, 4.69) is 0 Å². The molecule has 1 aromatic rings. The summed E-state index contributed by atoms with van der Waals surface area (Å²) in [6, 6.07) is 4.60. The lowest BCUT2D eigenvalue weighted by atomic mass is 10.1. The Morgan fingerprint density at radius 1 is 1.32 bits per heavy atom. The van der Waals surface area contributed by atoms with Crippen LogP contribution >= 0.6 is 11.6 Å². The predicted octanol–water partition coefficient (Wildman–Crippen LogP) is 3.12. The summed E-state index contributed by atoms with van der Waals surface area (Å²) in [7, 11) is 0. The summed E-state index contributed by atoms with van der Waals surface area (Å²) in [5.41, 5.74) is 0.131. The van der Waals surface area contributed by atoms with E-state index in [9.17, 15) is 9.59 Å². The maximum atomic E-state index is 11.9. The fraction of sp³-hybridized carbons (Fsp3) is 0.429. The summed E-state index contributed by atoms with van der Waals surface area (Å²) < 4.78 is 10.2. The molecule has 0 aliphatic carbocycles. The van der Waals surface area contributed by atoms with Gasteiger partial charge < -0.3 is 9.47 Å². The quantitative estimate of drug-likeness (QED) is 0.457. The van der Waals surface area contributed by atoms with Gasteiger partial charge in [0.25, 0.3) is 5.78 Å². The SMILES string of the molecule is CCOC(=O)C(=O)c1cc(Cl)ccc1OCC(C)C. The van der Waals surface area contributed by atoms with E-state index in [1.165, 1.54) is 6.07 Å². The Morgan fingerprint density at radius 3 is 2.58 bits per heavy atom. The van der Waals surface area contributed by atoms with Crippen LogP contribution in [0.4, 0.5) is 0 Å². The van der Waals surface area contributed by atoms with E-state index in [0.29, 0.717) is 23.3 Å². The molecule has 0 fully saturated rings. The van der Waals surface area contributed by atoms with Gasteiger partial charge in [0.1, 0.15) is 5.75 Å². The number of hydrogen-bond acceptors (Lipinski definition) is 4. The van der Waals surface area contributed by atoms with E-state index < -0.39 is 11.8 Å². The van der Waals surface area contributed by atoms with Crippen LogP contribution in [0.1, 0.15) is 31.1 Å². The summed E-state index contributed by atoms with van der Waals surface area (Å²) in [5, 5.41) is 0.365. The van der Waals surface area contributed by atoms with Crippen LogP contribution in [0.15, 0.2) is 18.2 Å². The fourth-order valence-electron chi connectivity index (χ4n) is 1.37. The lowest BCUT2D eigenvalue weighted by molar-refractivity contribution is -0.137. The zero-order valence-electron chi connectivity index (χ0n) is 11.2. The highest BCUT2D eigenvalue weighted by Gasteiger charge is 2.22. The lowest BCUT2D eigenvalue weighted by Gasteiger charge is -2.12. The number of ketones is 1. The van der Waals surface area contributed by atoms with Crippen molar-refractivity contribution in [3.05, 3.63) is 28.8 Å². The largest absolute Gasteiger partial charge is 0.493 e. The van der Waals surface area contributed by atoms with E-state index in [0.717, 1.165) is 0 Å².